The smallest absolute Gasteiger partial charge is 0.166 e. The highest BCUT2D eigenvalue weighted by molar-refractivity contribution is 9.10. The lowest BCUT2D eigenvalue weighted by Gasteiger charge is -1.98. The van der Waals surface area contributed by atoms with Gasteiger partial charge in [0.25, 0.3) is 0 Å². The van der Waals surface area contributed by atoms with Crippen LogP contribution in [-0.4, -0.2) is 5.11 Å². The van der Waals surface area contributed by atoms with Gasteiger partial charge in [-0.3, -0.25) is 0 Å². The van der Waals surface area contributed by atoms with Crippen LogP contribution in [0, 0.1) is 5.82 Å². The largest absolute Gasteiger partial charge is 0.504 e. The van der Waals surface area contributed by atoms with Crippen molar-refractivity contribution >= 4 is 37.4 Å². The summed E-state index contributed by atoms with van der Waals surface area (Å²) in [6.45, 7) is 0. The van der Waals surface area contributed by atoms with E-state index in [1.807, 2.05) is 5.38 Å². The number of aromatic hydroxyl groups is 1. The van der Waals surface area contributed by atoms with Crippen molar-refractivity contribution in [3.8, 4) is 5.75 Å². The quantitative estimate of drug-likeness (QED) is 0.755. The number of halogens is 2. The summed E-state index contributed by atoms with van der Waals surface area (Å²) in [5.41, 5.74) is 0. The summed E-state index contributed by atoms with van der Waals surface area (Å²) in [7, 11) is 0. The minimum atomic E-state index is -0.590. The summed E-state index contributed by atoms with van der Waals surface area (Å²) in [4.78, 5) is 0. The molecule has 0 saturated heterocycles. The van der Waals surface area contributed by atoms with Gasteiger partial charge in [0.2, 0.25) is 0 Å². The van der Waals surface area contributed by atoms with Gasteiger partial charge in [-0.15, -0.1) is 11.3 Å². The van der Waals surface area contributed by atoms with E-state index in [9.17, 15) is 9.50 Å². The van der Waals surface area contributed by atoms with Crippen LogP contribution in [-0.2, 0) is 0 Å². The number of rotatable bonds is 0. The lowest BCUT2D eigenvalue weighted by atomic mass is 10.2. The molecular formula is C8H4BrFOS. The van der Waals surface area contributed by atoms with Crippen LogP contribution in [0.1, 0.15) is 0 Å². The second-order valence-electron chi connectivity index (χ2n) is 2.35. The first-order valence-corrected chi connectivity index (χ1v) is 4.91. The van der Waals surface area contributed by atoms with Crippen molar-refractivity contribution in [3.63, 3.8) is 0 Å². The third-order valence-electron chi connectivity index (χ3n) is 1.62. The molecule has 0 atom stereocenters. The van der Waals surface area contributed by atoms with Crippen LogP contribution in [0.5, 0.6) is 5.75 Å². The number of hydrogen-bond donors (Lipinski definition) is 1. The Morgan fingerprint density at radius 2 is 2.25 bits per heavy atom. The van der Waals surface area contributed by atoms with Gasteiger partial charge in [-0.1, -0.05) is 0 Å². The van der Waals surface area contributed by atoms with Gasteiger partial charge in [0.15, 0.2) is 11.6 Å². The molecular weight excluding hydrogens is 243 g/mol. The molecule has 0 aliphatic rings. The molecule has 0 radical (unpaired) electrons. The third kappa shape index (κ3) is 1.03. The summed E-state index contributed by atoms with van der Waals surface area (Å²) in [5.74, 6) is -0.859. The Hall–Kier alpha value is -0.610. The monoisotopic (exact) mass is 246 g/mol. The molecule has 1 heterocycles. The van der Waals surface area contributed by atoms with Crippen molar-refractivity contribution in [2.24, 2.45) is 0 Å². The number of benzene rings is 1. The normalized spacial score (nSPS) is 10.8. The molecule has 1 N–H and O–H groups in total. The summed E-state index contributed by atoms with van der Waals surface area (Å²) < 4.78 is 14.5. The molecule has 0 unspecified atom stereocenters. The fraction of sp³-hybridized carbons (Fsp3) is 0. The number of hydrogen-bond acceptors (Lipinski definition) is 2. The molecule has 0 aliphatic heterocycles. The van der Waals surface area contributed by atoms with Gasteiger partial charge in [0.05, 0.1) is 4.70 Å². The maximum Gasteiger partial charge on any atom is 0.166 e. The van der Waals surface area contributed by atoms with Crippen LogP contribution in [0.25, 0.3) is 10.1 Å². The molecule has 0 saturated carbocycles. The topological polar surface area (TPSA) is 20.2 Å². The van der Waals surface area contributed by atoms with Gasteiger partial charge in [-0.25, -0.2) is 4.39 Å². The maximum atomic E-state index is 12.9. The van der Waals surface area contributed by atoms with Crippen molar-refractivity contribution in [1.29, 1.82) is 0 Å². The zero-order valence-electron chi connectivity index (χ0n) is 5.84. The van der Waals surface area contributed by atoms with Crippen LogP contribution < -0.4 is 0 Å². The van der Waals surface area contributed by atoms with E-state index >= 15 is 0 Å². The molecule has 2 aromatic rings. The number of phenolic OH excluding ortho intramolecular Hbond substituents is 1. The summed E-state index contributed by atoms with van der Waals surface area (Å²) >= 11 is 4.68. The highest BCUT2D eigenvalue weighted by Gasteiger charge is 2.09. The molecule has 4 heteroatoms. The molecule has 62 valence electrons. The van der Waals surface area contributed by atoms with Crippen LogP contribution >= 0.6 is 27.3 Å². The van der Waals surface area contributed by atoms with Crippen LogP contribution in [0.4, 0.5) is 4.39 Å². The van der Waals surface area contributed by atoms with Gasteiger partial charge >= 0.3 is 0 Å². The van der Waals surface area contributed by atoms with Crippen LogP contribution in [0.3, 0.4) is 0 Å². The average Bonchev–Trinajstić information content (AvgIpc) is 2.48. The lowest BCUT2D eigenvalue weighted by molar-refractivity contribution is 0.439. The molecule has 2 rings (SSSR count). The SMILES string of the molecule is Oc1c(F)cc(Br)c2sccc12. The number of phenols is 1. The first kappa shape index (κ1) is 8.01. The molecule has 1 aromatic heterocycles. The Bertz CT molecular complexity index is 438. The van der Waals surface area contributed by atoms with Gasteiger partial charge in [-0.2, -0.15) is 0 Å². The van der Waals surface area contributed by atoms with Crippen molar-refractivity contribution < 1.29 is 9.50 Å². The molecule has 1 nitrogen and oxygen atoms in total. The van der Waals surface area contributed by atoms with Crippen LogP contribution in [0.2, 0.25) is 0 Å². The maximum absolute atomic E-state index is 12.9. The number of thiophene rings is 1. The summed E-state index contributed by atoms with van der Waals surface area (Å²) in [6, 6.07) is 2.97. The van der Waals surface area contributed by atoms with Gasteiger partial charge in [0, 0.05) is 9.86 Å². The van der Waals surface area contributed by atoms with Gasteiger partial charge < -0.3 is 5.11 Å². The second-order valence-corrected chi connectivity index (χ2v) is 4.12. The Labute approximate surface area is 80.6 Å². The standard InChI is InChI=1S/C8H4BrFOS/c9-5-3-6(10)7(11)4-1-2-12-8(4)5/h1-3,11H. The zero-order chi connectivity index (χ0) is 8.72. The Kier molecular flexibility index (Phi) is 1.81. The van der Waals surface area contributed by atoms with Crippen molar-refractivity contribution in [1.82, 2.24) is 0 Å². The average molecular weight is 247 g/mol. The van der Waals surface area contributed by atoms with E-state index in [1.165, 1.54) is 17.4 Å². The zero-order valence-corrected chi connectivity index (χ0v) is 8.25. The van der Waals surface area contributed by atoms with Crippen molar-refractivity contribution in [2.45, 2.75) is 0 Å². The van der Waals surface area contributed by atoms with Crippen molar-refractivity contribution in [3.05, 3.63) is 27.8 Å². The predicted octanol–water partition coefficient (Wildman–Crippen LogP) is 3.51. The Morgan fingerprint density at radius 1 is 1.50 bits per heavy atom. The van der Waals surface area contributed by atoms with Crippen LogP contribution in [0.15, 0.2) is 22.0 Å². The molecule has 12 heavy (non-hydrogen) atoms. The van der Waals surface area contributed by atoms with Gasteiger partial charge in [0.1, 0.15) is 0 Å². The molecule has 0 spiro atoms. The van der Waals surface area contributed by atoms with E-state index in [2.05, 4.69) is 15.9 Å². The predicted molar refractivity (Wildman–Crippen MR) is 51.1 cm³/mol. The Morgan fingerprint density at radius 3 is 3.00 bits per heavy atom. The highest BCUT2D eigenvalue weighted by atomic mass is 79.9. The third-order valence-corrected chi connectivity index (χ3v) is 3.45. The second kappa shape index (κ2) is 2.71. The highest BCUT2D eigenvalue weighted by Crippen LogP contribution is 2.36. The molecule has 0 fully saturated rings. The van der Waals surface area contributed by atoms with E-state index in [-0.39, 0.29) is 5.75 Å². The first-order chi connectivity index (χ1) is 5.70. The van der Waals surface area contributed by atoms with E-state index in [0.717, 1.165) is 4.70 Å². The molecule has 0 aliphatic carbocycles. The minimum Gasteiger partial charge on any atom is -0.504 e. The van der Waals surface area contributed by atoms with E-state index in [0.29, 0.717) is 9.86 Å². The van der Waals surface area contributed by atoms with E-state index in [1.54, 1.807) is 6.07 Å². The summed E-state index contributed by atoms with van der Waals surface area (Å²) in [5, 5.41) is 11.7. The Balaban J connectivity index is 2.97. The summed E-state index contributed by atoms with van der Waals surface area (Å²) in [6.07, 6.45) is 0. The molecule has 0 amide bonds. The van der Waals surface area contributed by atoms with Crippen molar-refractivity contribution in [2.75, 3.05) is 0 Å². The van der Waals surface area contributed by atoms with E-state index in [4.69, 9.17) is 0 Å². The number of fused-ring (bicyclic) bond motifs is 1. The lowest BCUT2D eigenvalue weighted by Crippen LogP contribution is -1.76. The van der Waals surface area contributed by atoms with Gasteiger partial charge in [-0.05, 0) is 33.4 Å². The fourth-order valence-corrected chi connectivity index (χ4v) is 2.55. The van der Waals surface area contributed by atoms with E-state index < -0.39 is 5.82 Å². The fourth-order valence-electron chi connectivity index (χ4n) is 1.05. The minimum absolute atomic E-state index is 0.269. The first-order valence-electron chi connectivity index (χ1n) is 3.24. The molecule has 1 aromatic carbocycles. The molecule has 0 bridgehead atoms.